The molecule has 1 aromatic rings. The molecule has 1 N–H and O–H groups in total. The molecule has 74 valence electrons. The lowest BCUT2D eigenvalue weighted by atomic mass is 10.1. The first-order valence-corrected chi connectivity index (χ1v) is 5.72. The zero-order valence-electron chi connectivity index (χ0n) is 8.42. The Morgan fingerprint density at radius 1 is 1.21 bits per heavy atom. The normalized spacial score (nSPS) is 12.1. The van der Waals surface area contributed by atoms with E-state index in [4.69, 9.17) is 0 Å². The van der Waals surface area contributed by atoms with Crippen molar-refractivity contribution in [1.82, 2.24) is 4.72 Å². The van der Waals surface area contributed by atoms with Crippen molar-refractivity contribution >= 4 is 28.7 Å². The quantitative estimate of drug-likeness (QED) is 0.744. The van der Waals surface area contributed by atoms with Crippen molar-refractivity contribution in [2.24, 2.45) is 0 Å². The summed E-state index contributed by atoms with van der Waals surface area (Å²) in [5.74, 6) is 4.01. The average Bonchev–Trinajstić information content (AvgIpc) is 2.26. The van der Waals surface area contributed by atoms with Crippen molar-refractivity contribution in [2.75, 3.05) is 7.05 Å². The summed E-state index contributed by atoms with van der Waals surface area (Å²) >= 11 is 0. The Bertz CT molecular complexity index is 380. The molecule has 0 fully saturated rings. The van der Waals surface area contributed by atoms with E-state index >= 15 is 0 Å². The highest BCUT2D eigenvalue weighted by molar-refractivity contribution is 8.12. The first kappa shape index (κ1) is 11.0. The van der Waals surface area contributed by atoms with Crippen LogP contribution in [0.5, 0.6) is 0 Å². The van der Waals surface area contributed by atoms with E-state index in [0.29, 0.717) is 0 Å². The van der Waals surface area contributed by atoms with Crippen molar-refractivity contribution in [3.63, 3.8) is 0 Å². The van der Waals surface area contributed by atoms with E-state index in [1.807, 2.05) is 25.3 Å². The van der Waals surface area contributed by atoms with E-state index in [9.17, 15) is 0 Å². The van der Waals surface area contributed by atoms with Gasteiger partial charge in [0.2, 0.25) is 0 Å². The van der Waals surface area contributed by atoms with Crippen molar-refractivity contribution in [2.45, 2.75) is 4.90 Å². The minimum Gasteiger partial charge on any atom is -0.269 e. The molecular formula is C12H15NS. The Balaban J connectivity index is 3.20. The van der Waals surface area contributed by atoms with E-state index in [1.54, 1.807) is 0 Å². The Morgan fingerprint density at radius 3 is 2.36 bits per heavy atom. The summed E-state index contributed by atoms with van der Waals surface area (Å²) in [6, 6.07) is 6.20. The third kappa shape index (κ3) is 2.22. The van der Waals surface area contributed by atoms with Crippen LogP contribution in [-0.4, -0.2) is 12.9 Å². The van der Waals surface area contributed by atoms with Crippen LogP contribution in [0.4, 0.5) is 0 Å². The zero-order chi connectivity index (χ0) is 10.6. The molecule has 0 heterocycles. The third-order valence-electron chi connectivity index (χ3n) is 2.03. The second-order valence-corrected chi connectivity index (χ2v) is 4.45. The Hall–Kier alpha value is -1.12. The van der Waals surface area contributed by atoms with Gasteiger partial charge in [-0.25, -0.2) is 0 Å². The second-order valence-electron chi connectivity index (χ2n) is 2.79. The van der Waals surface area contributed by atoms with Gasteiger partial charge in [0.25, 0.3) is 0 Å². The largest absolute Gasteiger partial charge is 0.269 e. The smallest absolute Gasteiger partial charge is 0.0158 e. The molecule has 2 heteroatoms. The molecule has 0 saturated carbocycles. The van der Waals surface area contributed by atoms with Gasteiger partial charge in [0.05, 0.1) is 0 Å². The number of hydrogen-bond donors (Lipinski definition) is 1. The molecule has 0 bridgehead atoms. The predicted octanol–water partition coefficient (Wildman–Crippen LogP) is 3.17. The van der Waals surface area contributed by atoms with E-state index in [0.717, 1.165) is 11.1 Å². The van der Waals surface area contributed by atoms with Crippen LogP contribution in [0.2, 0.25) is 0 Å². The minimum atomic E-state index is -0.145. The molecule has 1 nitrogen and oxygen atoms in total. The summed E-state index contributed by atoms with van der Waals surface area (Å²) in [7, 11) is 1.76. The lowest BCUT2D eigenvalue weighted by Crippen LogP contribution is -1.96. The van der Waals surface area contributed by atoms with Crippen LogP contribution in [0.25, 0.3) is 12.2 Å². The van der Waals surface area contributed by atoms with Crippen molar-refractivity contribution in [3.05, 3.63) is 42.5 Å². The fraction of sp³-hybridized carbons (Fsp3) is 0.0833. The van der Waals surface area contributed by atoms with Crippen molar-refractivity contribution in [1.29, 1.82) is 0 Å². The Labute approximate surface area is 88.2 Å². The van der Waals surface area contributed by atoms with Gasteiger partial charge in [-0.2, -0.15) is 0 Å². The highest BCUT2D eigenvalue weighted by atomic mass is 32.2. The van der Waals surface area contributed by atoms with E-state index in [2.05, 4.69) is 35.9 Å². The maximum absolute atomic E-state index is 4.01. The molecule has 0 aromatic heterocycles. The van der Waals surface area contributed by atoms with E-state index in [-0.39, 0.29) is 10.7 Å². The maximum Gasteiger partial charge on any atom is 0.0158 e. The minimum absolute atomic E-state index is 0.145. The third-order valence-corrected chi connectivity index (χ3v) is 3.34. The molecule has 0 saturated heterocycles. The summed E-state index contributed by atoms with van der Waals surface area (Å²) in [6.45, 7) is 7.54. The molecular weight excluding hydrogens is 190 g/mol. The van der Waals surface area contributed by atoms with Gasteiger partial charge in [0.15, 0.2) is 0 Å². The van der Waals surface area contributed by atoms with Gasteiger partial charge in [0, 0.05) is 4.90 Å². The first-order valence-electron chi connectivity index (χ1n) is 4.33. The molecule has 0 aliphatic rings. The van der Waals surface area contributed by atoms with Gasteiger partial charge in [-0.05, 0) is 30.3 Å². The summed E-state index contributed by atoms with van der Waals surface area (Å²) in [5.41, 5.74) is 2.21. The average molecular weight is 205 g/mol. The van der Waals surface area contributed by atoms with Gasteiger partial charge in [-0.15, -0.1) is 0 Å². The summed E-state index contributed by atoms with van der Waals surface area (Å²) in [6.07, 6.45) is 3.68. The molecule has 14 heavy (non-hydrogen) atoms. The molecule has 1 aromatic carbocycles. The summed E-state index contributed by atoms with van der Waals surface area (Å²) in [5, 5.41) is 0. The molecule has 1 rings (SSSR count). The molecule has 0 radical (unpaired) electrons. The monoisotopic (exact) mass is 205 g/mol. The molecule has 1 atom stereocenters. The lowest BCUT2D eigenvalue weighted by Gasteiger charge is -2.08. The standard InChI is InChI=1S/C12H15NS/c1-5-10-7-8-12(14(4)13-3)9-11(10)6-2/h5-9,13H,1-2,4H2,3H3. The first-order chi connectivity index (χ1) is 6.72. The van der Waals surface area contributed by atoms with Crippen LogP contribution in [-0.2, 0) is 0 Å². The van der Waals surface area contributed by atoms with Gasteiger partial charge in [-0.1, -0.05) is 47.9 Å². The zero-order valence-corrected chi connectivity index (χ0v) is 9.23. The fourth-order valence-electron chi connectivity index (χ4n) is 1.19. The Kier molecular flexibility index (Phi) is 3.86. The lowest BCUT2D eigenvalue weighted by molar-refractivity contribution is 1.27. The summed E-state index contributed by atoms with van der Waals surface area (Å²) < 4.78 is 3.13. The van der Waals surface area contributed by atoms with Gasteiger partial charge < -0.3 is 0 Å². The summed E-state index contributed by atoms with van der Waals surface area (Å²) in [4.78, 5) is 1.19. The fourth-order valence-corrected chi connectivity index (χ4v) is 1.92. The van der Waals surface area contributed by atoms with E-state index in [1.165, 1.54) is 4.90 Å². The van der Waals surface area contributed by atoms with Crippen LogP contribution >= 0.6 is 10.7 Å². The maximum atomic E-state index is 4.01. The van der Waals surface area contributed by atoms with Crippen molar-refractivity contribution in [3.8, 4) is 0 Å². The van der Waals surface area contributed by atoms with Crippen molar-refractivity contribution < 1.29 is 0 Å². The van der Waals surface area contributed by atoms with Crippen LogP contribution in [0.15, 0.2) is 36.3 Å². The number of rotatable bonds is 4. The molecule has 0 amide bonds. The number of nitrogens with one attached hydrogen (secondary N) is 1. The second kappa shape index (κ2) is 4.94. The van der Waals surface area contributed by atoms with Crippen LogP contribution in [0, 0.1) is 0 Å². The van der Waals surface area contributed by atoms with Gasteiger partial charge >= 0.3 is 0 Å². The van der Waals surface area contributed by atoms with Crippen LogP contribution < -0.4 is 4.72 Å². The predicted molar refractivity (Wildman–Crippen MR) is 68.7 cm³/mol. The van der Waals surface area contributed by atoms with Gasteiger partial charge in [-0.3, -0.25) is 4.72 Å². The molecule has 0 aliphatic heterocycles. The van der Waals surface area contributed by atoms with Crippen LogP contribution in [0.3, 0.4) is 0 Å². The number of benzene rings is 1. The topological polar surface area (TPSA) is 12.0 Å². The number of hydrogen-bond acceptors (Lipinski definition) is 1. The SMILES string of the molecule is C=Cc1ccc(S(=C)NC)cc1C=C. The Morgan fingerprint density at radius 2 is 1.86 bits per heavy atom. The highest BCUT2D eigenvalue weighted by Gasteiger charge is 1.99. The van der Waals surface area contributed by atoms with Crippen LogP contribution in [0.1, 0.15) is 11.1 Å². The van der Waals surface area contributed by atoms with E-state index < -0.39 is 0 Å². The molecule has 1 unspecified atom stereocenters. The highest BCUT2D eigenvalue weighted by Crippen LogP contribution is 2.24. The molecule has 0 spiro atoms. The van der Waals surface area contributed by atoms with Gasteiger partial charge in [0.1, 0.15) is 0 Å². The molecule has 0 aliphatic carbocycles.